The number of carbonyl (C=O) groups is 1. The van der Waals surface area contributed by atoms with E-state index < -0.39 is 5.97 Å². The number of hydrogen-bond acceptors (Lipinski definition) is 6. The lowest BCUT2D eigenvalue weighted by Crippen LogP contribution is -2.05. The van der Waals surface area contributed by atoms with E-state index in [1.165, 1.54) is 17.8 Å². The van der Waals surface area contributed by atoms with Gasteiger partial charge in [0.25, 0.3) is 0 Å². The Bertz CT molecular complexity index is 1020. The highest BCUT2D eigenvalue weighted by molar-refractivity contribution is 7.98. The molecular formula is C18H14Cl2N4O2S. The van der Waals surface area contributed by atoms with Gasteiger partial charge < -0.3 is 10.8 Å². The van der Waals surface area contributed by atoms with Gasteiger partial charge in [-0.3, -0.25) is 0 Å². The number of carboxylic acid groups (broad SMARTS) is 1. The maximum atomic E-state index is 11.5. The van der Waals surface area contributed by atoms with Crippen LogP contribution in [-0.4, -0.2) is 26.0 Å². The molecule has 3 aromatic rings. The zero-order chi connectivity index (χ0) is 19.6. The third-order valence-corrected chi connectivity index (χ3v) is 5.63. The predicted molar refractivity (Wildman–Crippen MR) is 107 cm³/mol. The third-order valence-electron chi connectivity index (χ3n) is 3.73. The van der Waals surface area contributed by atoms with Gasteiger partial charge >= 0.3 is 5.97 Å². The van der Waals surface area contributed by atoms with E-state index >= 15 is 0 Å². The summed E-state index contributed by atoms with van der Waals surface area (Å²) in [5.74, 6) is -0.291. The molecule has 0 amide bonds. The number of rotatable bonds is 5. The molecule has 3 N–H and O–H groups in total. The Hall–Kier alpha value is -2.35. The average molecular weight is 421 g/mol. The molecule has 0 aliphatic heterocycles. The molecule has 27 heavy (non-hydrogen) atoms. The highest BCUT2D eigenvalue weighted by Gasteiger charge is 2.20. The molecule has 0 atom stereocenters. The van der Waals surface area contributed by atoms with E-state index in [4.69, 9.17) is 28.9 Å². The number of aromatic carboxylic acids is 1. The number of nitrogens with two attached hydrogens (primary N) is 1. The summed E-state index contributed by atoms with van der Waals surface area (Å²) in [6, 6.07) is 11.2. The lowest BCUT2D eigenvalue weighted by Gasteiger charge is -2.11. The summed E-state index contributed by atoms with van der Waals surface area (Å²) < 4.78 is 0. The van der Waals surface area contributed by atoms with E-state index in [0.717, 1.165) is 5.56 Å². The maximum absolute atomic E-state index is 11.5. The number of halogens is 2. The lowest BCUT2D eigenvalue weighted by atomic mass is 10.1. The van der Waals surface area contributed by atoms with Crippen LogP contribution in [-0.2, 0) is 5.75 Å². The lowest BCUT2D eigenvalue weighted by molar-refractivity contribution is 0.0697. The molecule has 0 saturated heterocycles. The average Bonchev–Trinajstić information content (AvgIpc) is 2.65. The minimum Gasteiger partial charge on any atom is -0.478 e. The summed E-state index contributed by atoms with van der Waals surface area (Å²) in [6.07, 6.45) is 0. The molecule has 6 nitrogen and oxygen atoms in total. The van der Waals surface area contributed by atoms with Crippen molar-refractivity contribution in [1.29, 1.82) is 0 Å². The van der Waals surface area contributed by atoms with Gasteiger partial charge in [-0.1, -0.05) is 65.3 Å². The standard InChI is InChI=1S/C18H14Cl2N4O2S/c1-9-13(19)11(7-12(14(9)20)16(25)26)15-22-17(21)24-18(23-15)27-8-10-5-3-2-4-6-10/h2-7H,8H2,1H3,(H,25,26)(H2,21,22,23,24). The molecule has 0 bridgehead atoms. The van der Waals surface area contributed by atoms with Gasteiger partial charge in [0.1, 0.15) is 0 Å². The van der Waals surface area contributed by atoms with E-state index in [1.54, 1.807) is 6.92 Å². The predicted octanol–water partition coefficient (Wildman–Crippen LogP) is 4.73. The van der Waals surface area contributed by atoms with Crippen molar-refractivity contribution < 1.29 is 9.90 Å². The number of carboxylic acids is 1. The van der Waals surface area contributed by atoms with Crippen molar-refractivity contribution >= 4 is 46.9 Å². The second kappa shape index (κ2) is 8.12. The van der Waals surface area contributed by atoms with Crippen LogP contribution in [0.1, 0.15) is 21.5 Å². The van der Waals surface area contributed by atoms with Crippen LogP contribution in [0.3, 0.4) is 0 Å². The fourth-order valence-corrected chi connectivity index (χ4v) is 3.68. The summed E-state index contributed by atoms with van der Waals surface area (Å²) in [5, 5.41) is 10.1. The van der Waals surface area contributed by atoms with Gasteiger partial charge in [0, 0.05) is 11.3 Å². The van der Waals surface area contributed by atoms with Gasteiger partial charge in [0.2, 0.25) is 5.95 Å². The molecule has 0 spiro atoms. The number of thioether (sulfide) groups is 1. The zero-order valence-electron chi connectivity index (χ0n) is 14.1. The van der Waals surface area contributed by atoms with Crippen molar-refractivity contribution in [1.82, 2.24) is 15.0 Å². The normalized spacial score (nSPS) is 10.8. The van der Waals surface area contributed by atoms with Gasteiger partial charge in [-0.2, -0.15) is 9.97 Å². The van der Waals surface area contributed by atoms with Gasteiger partial charge in [0.15, 0.2) is 11.0 Å². The third kappa shape index (κ3) is 4.32. The van der Waals surface area contributed by atoms with E-state index in [9.17, 15) is 9.90 Å². The number of benzene rings is 2. The minimum absolute atomic E-state index is 0.0242. The van der Waals surface area contributed by atoms with Crippen LogP contribution in [0.4, 0.5) is 5.95 Å². The van der Waals surface area contributed by atoms with Crippen LogP contribution >= 0.6 is 35.0 Å². The van der Waals surface area contributed by atoms with E-state index in [1.807, 2.05) is 30.3 Å². The van der Waals surface area contributed by atoms with Crippen molar-refractivity contribution in [2.24, 2.45) is 0 Å². The number of aromatic nitrogens is 3. The molecule has 138 valence electrons. The fourth-order valence-electron chi connectivity index (χ4n) is 2.37. The first-order valence-corrected chi connectivity index (χ1v) is 9.51. The van der Waals surface area contributed by atoms with E-state index in [-0.39, 0.29) is 27.4 Å². The quantitative estimate of drug-likeness (QED) is 0.575. The SMILES string of the molecule is Cc1c(Cl)c(C(=O)O)cc(-c2nc(N)nc(SCc3ccccc3)n2)c1Cl. The Morgan fingerprint density at radius 3 is 2.52 bits per heavy atom. The number of nitrogens with zero attached hydrogens (tertiary/aromatic N) is 3. The molecule has 2 aromatic carbocycles. The van der Waals surface area contributed by atoms with Crippen LogP contribution in [0.25, 0.3) is 11.4 Å². The second-order valence-electron chi connectivity index (χ2n) is 5.60. The molecule has 0 aliphatic carbocycles. The van der Waals surface area contributed by atoms with Crippen molar-refractivity contribution in [2.45, 2.75) is 17.8 Å². The Balaban J connectivity index is 2.00. The molecule has 9 heteroatoms. The molecule has 0 radical (unpaired) electrons. The van der Waals surface area contributed by atoms with Crippen molar-refractivity contribution in [3.63, 3.8) is 0 Å². The highest BCUT2D eigenvalue weighted by Crippen LogP contribution is 2.36. The molecule has 1 aromatic heterocycles. The van der Waals surface area contributed by atoms with Gasteiger partial charge in [-0.05, 0) is 24.1 Å². The molecule has 0 unspecified atom stereocenters. The van der Waals surface area contributed by atoms with Gasteiger partial charge in [-0.15, -0.1) is 0 Å². The number of nitrogen functional groups attached to an aromatic ring is 1. The Labute approximate surface area is 169 Å². The topological polar surface area (TPSA) is 102 Å². The number of anilines is 1. The van der Waals surface area contributed by atoms with Crippen LogP contribution in [0.5, 0.6) is 0 Å². The van der Waals surface area contributed by atoms with Crippen molar-refractivity contribution in [3.05, 3.63) is 63.1 Å². The largest absolute Gasteiger partial charge is 0.478 e. The van der Waals surface area contributed by atoms with Crippen molar-refractivity contribution in [3.8, 4) is 11.4 Å². The second-order valence-corrected chi connectivity index (χ2v) is 7.30. The first-order valence-electron chi connectivity index (χ1n) is 7.77. The maximum Gasteiger partial charge on any atom is 0.337 e. The smallest absolute Gasteiger partial charge is 0.337 e. The first-order chi connectivity index (χ1) is 12.9. The number of hydrogen-bond donors (Lipinski definition) is 2. The molecule has 0 fully saturated rings. The molecule has 0 saturated carbocycles. The van der Waals surface area contributed by atoms with E-state index in [0.29, 0.717) is 22.0 Å². The Morgan fingerprint density at radius 1 is 1.15 bits per heavy atom. The van der Waals surface area contributed by atoms with Gasteiger partial charge in [0.05, 0.1) is 15.6 Å². The monoisotopic (exact) mass is 420 g/mol. The van der Waals surface area contributed by atoms with Gasteiger partial charge in [-0.25, -0.2) is 9.78 Å². The minimum atomic E-state index is -1.17. The summed E-state index contributed by atoms with van der Waals surface area (Å²) in [6.45, 7) is 1.64. The zero-order valence-corrected chi connectivity index (χ0v) is 16.4. The van der Waals surface area contributed by atoms with Crippen LogP contribution in [0.2, 0.25) is 10.0 Å². The Morgan fingerprint density at radius 2 is 1.85 bits per heavy atom. The summed E-state index contributed by atoms with van der Waals surface area (Å²) in [4.78, 5) is 24.1. The van der Waals surface area contributed by atoms with E-state index in [2.05, 4.69) is 15.0 Å². The summed E-state index contributed by atoms with van der Waals surface area (Å²) in [5.41, 5.74) is 7.63. The summed E-state index contributed by atoms with van der Waals surface area (Å²) >= 11 is 13.8. The Kier molecular flexibility index (Phi) is 5.84. The fraction of sp³-hybridized carbons (Fsp3) is 0.111. The molecular weight excluding hydrogens is 407 g/mol. The molecule has 3 rings (SSSR count). The van der Waals surface area contributed by atoms with Crippen LogP contribution in [0, 0.1) is 6.92 Å². The van der Waals surface area contributed by atoms with Crippen molar-refractivity contribution in [2.75, 3.05) is 5.73 Å². The first kappa shape index (κ1) is 19.4. The highest BCUT2D eigenvalue weighted by atomic mass is 35.5. The molecule has 0 aliphatic rings. The summed E-state index contributed by atoms with van der Waals surface area (Å²) in [7, 11) is 0. The van der Waals surface area contributed by atoms with Crippen LogP contribution in [0.15, 0.2) is 41.6 Å². The van der Waals surface area contributed by atoms with Crippen LogP contribution < -0.4 is 5.73 Å². The molecule has 1 heterocycles.